The van der Waals surface area contributed by atoms with E-state index in [1.807, 2.05) is 0 Å². The molecule has 9 nitrogen and oxygen atoms in total. The van der Waals surface area contributed by atoms with Crippen LogP contribution in [0.1, 0.15) is 38.1 Å². The number of aliphatic hydroxyl groups is 2. The maximum atomic E-state index is 12.4. The van der Waals surface area contributed by atoms with Gasteiger partial charge in [0.15, 0.2) is 5.65 Å². The molecule has 178 valence electrons. The summed E-state index contributed by atoms with van der Waals surface area (Å²) in [4.78, 5) is 16.4. The van der Waals surface area contributed by atoms with Crippen LogP contribution in [0.2, 0.25) is 0 Å². The van der Waals surface area contributed by atoms with Gasteiger partial charge in [0, 0.05) is 6.20 Å². The predicted molar refractivity (Wildman–Crippen MR) is 111 cm³/mol. The number of halogens is 3. The van der Waals surface area contributed by atoms with Crippen LogP contribution in [0.5, 0.6) is 5.75 Å². The van der Waals surface area contributed by atoms with Gasteiger partial charge in [-0.3, -0.25) is 0 Å². The SMILES string of the molecule is CC(C)(C)OC(=O)NCc1nn(-c2ccc(OC(F)(F)F)cc2)c2nccc(C(O)CO)c12. The van der Waals surface area contributed by atoms with Crippen molar-refractivity contribution in [1.82, 2.24) is 20.1 Å². The summed E-state index contributed by atoms with van der Waals surface area (Å²) in [5, 5.41) is 27.1. The zero-order chi connectivity index (χ0) is 24.4. The van der Waals surface area contributed by atoms with Crippen LogP contribution in [0.4, 0.5) is 18.0 Å². The Morgan fingerprint density at radius 1 is 1.18 bits per heavy atom. The monoisotopic (exact) mass is 468 g/mol. The van der Waals surface area contributed by atoms with Crippen molar-refractivity contribution in [1.29, 1.82) is 0 Å². The summed E-state index contributed by atoms with van der Waals surface area (Å²) in [6.45, 7) is 4.48. The van der Waals surface area contributed by atoms with E-state index >= 15 is 0 Å². The van der Waals surface area contributed by atoms with Gasteiger partial charge in [-0.15, -0.1) is 13.2 Å². The first kappa shape index (κ1) is 24.3. The Balaban J connectivity index is 2.01. The first-order valence-corrected chi connectivity index (χ1v) is 9.86. The highest BCUT2D eigenvalue weighted by Gasteiger charge is 2.31. The second-order valence-corrected chi connectivity index (χ2v) is 8.05. The van der Waals surface area contributed by atoms with Gasteiger partial charge in [-0.1, -0.05) is 0 Å². The molecule has 0 saturated carbocycles. The number of carbonyl (C=O) groups excluding carboxylic acids is 1. The van der Waals surface area contributed by atoms with Crippen molar-refractivity contribution >= 4 is 17.1 Å². The lowest BCUT2D eigenvalue weighted by Crippen LogP contribution is -2.32. The van der Waals surface area contributed by atoms with Gasteiger partial charge in [0.05, 0.1) is 29.9 Å². The topological polar surface area (TPSA) is 119 Å². The smallest absolute Gasteiger partial charge is 0.444 e. The third-order valence-corrected chi connectivity index (χ3v) is 4.32. The lowest BCUT2D eigenvalue weighted by atomic mass is 10.1. The third-order valence-electron chi connectivity index (χ3n) is 4.32. The van der Waals surface area contributed by atoms with Gasteiger partial charge in [0.2, 0.25) is 0 Å². The molecule has 3 aromatic rings. The van der Waals surface area contributed by atoms with Crippen LogP contribution in [0.3, 0.4) is 0 Å². The van der Waals surface area contributed by atoms with Crippen molar-refractivity contribution in [2.45, 2.75) is 45.4 Å². The van der Waals surface area contributed by atoms with Gasteiger partial charge in [0.25, 0.3) is 0 Å². The van der Waals surface area contributed by atoms with E-state index in [1.165, 1.54) is 29.1 Å². The van der Waals surface area contributed by atoms with E-state index in [0.717, 1.165) is 12.1 Å². The van der Waals surface area contributed by atoms with Crippen LogP contribution < -0.4 is 10.1 Å². The number of ether oxygens (including phenoxy) is 2. The maximum Gasteiger partial charge on any atom is 0.573 e. The minimum atomic E-state index is -4.82. The van der Waals surface area contributed by atoms with Crippen LogP contribution in [-0.4, -0.2) is 49.6 Å². The fourth-order valence-corrected chi connectivity index (χ4v) is 3.08. The zero-order valence-corrected chi connectivity index (χ0v) is 18.1. The van der Waals surface area contributed by atoms with Gasteiger partial charge >= 0.3 is 12.5 Å². The van der Waals surface area contributed by atoms with Crippen LogP contribution in [0.25, 0.3) is 16.7 Å². The molecular weight excluding hydrogens is 445 g/mol. The molecule has 3 rings (SSSR count). The minimum absolute atomic E-state index is 0.0927. The average molecular weight is 468 g/mol. The van der Waals surface area contributed by atoms with E-state index in [-0.39, 0.29) is 12.2 Å². The molecule has 0 saturated heterocycles. The Labute approximate surface area is 186 Å². The van der Waals surface area contributed by atoms with Gasteiger partial charge in [-0.2, -0.15) is 5.10 Å². The van der Waals surface area contributed by atoms with Gasteiger partial charge in [-0.05, 0) is 56.7 Å². The molecule has 0 spiro atoms. The fraction of sp³-hybridized carbons (Fsp3) is 0.381. The highest BCUT2D eigenvalue weighted by Crippen LogP contribution is 2.29. The minimum Gasteiger partial charge on any atom is -0.444 e. The van der Waals surface area contributed by atoms with Crippen LogP contribution in [0, 0.1) is 0 Å². The molecule has 1 aromatic carbocycles. The van der Waals surface area contributed by atoms with Crippen LogP contribution in [0.15, 0.2) is 36.5 Å². The fourth-order valence-electron chi connectivity index (χ4n) is 3.08. The maximum absolute atomic E-state index is 12.4. The Bertz CT molecular complexity index is 1120. The third kappa shape index (κ3) is 6.11. The predicted octanol–water partition coefficient (Wildman–Crippen LogP) is 3.37. The number of carbonyl (C=O) groups is 1. The quantitative estimate of drug-likeness (QED) is 0.508. The summed E-state index contributed by atoms with van der Waals surface area (Å²) in [6.07, 6.45) is -5.35. The second-order valence-electron chi connectivity index (χ2n) is 8.05. The molecule has 0 bridgehead atoms. The molecular formula is C21H23F3N4O5. The van der Waals surface area contributed by atoms with Crippen molar-refractivity contribution in [2.75, 3.05) is 6.61 Å². The average Bonchev–Trinajstić information content (AvgIpc) is 3.09. The molecule has 2 aromatic heterocycles. The highest BCUT2D eigenvalue weighted by molar-refractivity contribution is 5.84. The molecule has 0 radical (unpaired) electrons. The zero-order valence-electron chi connectivity index (χ0n) is 18.1. The Hall–Kier alpha value is -3.38. The molecule has 0 aliphatic carbocycles. The molecule has 1 amide bonds. The van der Waals surface area contributed by atoms with Crippen molar-refractivity contribution in [3.8, 4) is 11.4 Å². The van der Waals surface area contributed by atoms with Crippen LogP contribution >= 0.6 is 0 Å². The molecule has 12 heteroatoms. The second kappa shape index (κ2) is 9.24. The van der Waals surface area contributed by atoms with Gasteiger partial charge in [0.1, 0.15) is 17.5 Å². The van der Waals surface area contributed by atoms with E-state index in [2.05, 4.69) is 20.1 Å². The number of hydrogen-bond acceptors (Lipinski definition) is 7. The number of fused-ring (bicyclic) bond motifs is 1. The molecule has 0 fully saturated rings. The number of alkyl carbamates (subject to hydrolysis) is 1. The van der Waals surface area contributed by atoms with Gasteiger partial charge in [-0.25, -0.2) is 14.5 Å². The Morgan fingerprint density at radius 2 is 1.85 bits per heavy atom. The lowest BCUT2D eigenvalue weighted by Gasteiger charge is -2.19. The normalized spacial score (nSPS) is 13.1. The Morgan fingerprint density at radius 3 is 2.42 bits per heavy atom. The van der Waals surface area contributed by atoms with Crippen molar-refractivity contribution in [2.24, 2.45) is 0 Å². The number of benzene rings is 1. The summed E-state index contributed by atoms with van der Waals surface area (Å²) < 4.78 is 47.8. The summed E-state index contributed by atoms with van der Waals surface area (Å²) >= 11 is 0. The van der Waals surface area contributed by atoms with Crippen molar-refractivity contribution in [3.63, 3.8) is 0 Å². The number of rotatable bonds is 6. The molecule has 0 aliphatic rings. The number of hydrogen-bond donors (Lipinski definition) is 3. The number of pyridine rings is 1. The number of aromatic nitrogens is 3. The molecule has 0 aliphatic heterocycles. The van der Waals surface area contributed by atoms with E-state index in [9.17, 15) is 28.2 Å². The summed E-state index contributed by atoms with van der Waals surface area (Å²) in [5.41, 5.74) is 0.548. The van der Waals surface area contributed by atoms with E-state index < -0.39 is 36.5 Å². The number of aliphatic hydroxyl groups excluding tert-OH is 2. The van der Waals surface area contributed by atoms with Gasteiger partial charge < -0.3 is 25.0 Å². The van der Waals surface area contributed by atoms with Crippen molar-refractivity contribution < 1.29 is 37.7 Å². The first-order chi connectivity index (χ1) is 15.4. The standard InChI is InChI=1S/C21H23F3N4O5/c1-20(2,3)33-19(31)26-10-15-17-14(16(30)11-29)8-9-25-18(17)28(27-15)12-4-6-13(7-5-12)32-21(22,23)24/h4-9,16,29-30H,10-11H2,1-3H3,(H,26,31). The van der Waals surface area contributed by atoms with Crippen molar-refractivity contribution in [3.05, 3.63) is 47.8 Å². The molecule has 2 heterocycles. The molecule has 3 N–H and O–H groups in total. The number of amides is 1. The Kier molecular flexibility index (Phi) is 6.79. The van der Waals surface area contributed by atoms with Crippen LogP contribution in [-0.2, 0) is 11.3 Å². The molecule has 1 unspecified atom stereocenters. The summed E-state index contributed by atoms with van der Waals surface area (Å²) in [6, 6.07) is 6.47. The summed E-state index contributed by atoms with van der Waals surface area (Å²) in [7, 11) is 0. The highest BCUT2D eigenvalue weighted by atomic mass is 19.4. The molecule has 33 heavy (non-hydrogen) atoms. The first-order valence-electron chi connectivity index (χ1n) is 9.86. The number of alkyl halides is 3. The number of nitrogens with one attached hydrogen (secondary N) is 1. The van der Waals surface area contributed by atoms with E-state index in [1.54, 1.807) is 20.8 Å². The van der Waals surface area contributed by atoms with E-state index in [0.29, 0.717) is 22.3 Å². The number of nitrogens with zero attached hydrogens (tertiary/aromatic N) is 3. The lowest BCUT2D eigenvalue weighted by molar-refractivity contribution is -0.274. The largest absolute Gasteiger partial charge is 0.573 e. The molecule has 1 atom stereocenters. The van der Waals surface area contributed by atoms with E-state index in [4.69, 9.17) is 4.74 Å². The summed E-state index contributed by atoms with van der Waals surface area (Å²) in [5.74, 6) is -0.404.